The Morgan fingerprint density at radius 2 is 2.00 bits per heavy atom. The highest BCUT2D eigenvalue weighted by Gasteiger charge is 2.17. The molecule has 0 unspecified atom stereocenters. The lowest BCUT2D eigenvalue weighted by Crippen LogP contribution is -2.11. The van der Waals surface area contributed by atoms with Gasteiger partial charge in [-0.2, -0.15) is 0 Å². The number of carbonyl (C=O) groups is 2. The summed E-state index contributed by atoms with van der Waals surface area (Å²) < 4.78 is 23.4. The van der Waals surface area contributed by atoms with Gasteiger partial charge in [0.1, 0.15) is 0 Å². The van der Waals surface area contributed by atoms with E-state index in [4.69, 9.17) is 11.6 Å². The van der Waals surface area contributed by atoms with Gasteiger partial charge in [0.15, 0.2) is 16.1 Å². The molecule has 1 amide bonds. The first-order valence-electron chi connectivity index (χ1n) is 7.60. The molecule has 2 aromatic heterocycles. The van der Waals surface area contributed by atoms with Gasteiger partial charge in [-0.05, 0) is 36.4 Å². The van der Waals surface area contributed by atoms with Crippen LogP contribution in [0.4, 0.5) is 5.69 Å². The number of hydrogen-bond donors (Lipinski definition) is 1. The second-order valence-corrected chi connectivity index (χ2v) is 9.16. The molecule has 9 heteroatoms. The van der Waals surface area contributed by atoms with Crippen LogP contribution in [0.5, 0.6) is 0 Å². The van der Waals surface area contributed by atoms with Crippen molar-refractivity contribution in [2.24, 2.45) is 0 Å². The van der Waals surface area contributed by atoms with Crippen molar-refractivity contribution in [1.82, 2.24) is 4.98 Å². The third-order valence-electron chi connectivity index (χ3n) is 3.59. The predicted octanol–water partition coefficient (Wildman–Crippen LogP) is 3.93. The summed E-state index contributed by atoms with van der Waals surface area (Å²) >= 11 is 6.97. The van der Waals surface area contributed by atoms with Crippen LogP contribution in [0.2, 0.25) is 5.02 Å². The largest absolute Gasteiger partial charge is 0.321 e. The van der Waals surface area contributed by atoms with Crippen LogP contribution in [0.1, 0.15) is 19.3 Å². The molecule has 0 radical (unpaired) electrons. The molecule has 0 bridgehead atoms. The number of rotatable bonds is 5. The van der Waals surface area contributed by atoms with E-state index >= 15 is 0 Å². The maximum Gasteiger partial charge on any atom is 0.265 e. The summed E-state index contributed by atoms with van der Waals surface area (Å²) in [6.07, 6.45) is 3.33. The molecule has 0 saturated heterocycles. The summed E-state index contributed by atoms with van der Waals surface area (Å²) in [6.45, 7) is 0. The average Bonchev–Trinajstić information content (AvgIpc) is 3.06. The van der Waals surface area contributed by atoms with E-state index < -0.39 is 15.7 Å². The summed E-state index contributed by atoms with van der Waals surface area (Å²) in [7, 11) is -3.48. The Morgan fingerprint density at radius 1 is 1.22 bits per heavy atom. The molecule has 0 fully saturated rings. The van der Waals surface area contributed by atoms with Crippen LogP contribution in [0.25, 0.3) is 11.3 Å². The summed E-state index contributed by atoms with van der Waals surface area (Å²) in [5.74, 6) is -0.480. The summed E-state index contributed by atoms with van der Waals surface area (Å²) in [4.78, 5) is 28.8. The first-order valence-corrected chi connectivity index (χ1v) is 10.7. The van der Waals surface area contributed by atoms with E-state index in [2.05, 4.69) is 10.3 Å². The molecule has 3 aromatic rings. The zero-order chi connectivity index (χ0) is 19.6. The lowest BCUT2D eigenvalue weighted by molar-refractivity contribution is 0.103. The number of nitrogens with zero attached hydrogens (tertiary/aromatic N) is 1. The zero-order valence-corrected chi connectivity index (χ0v) is 16.4. The number of aromatic nitrogens is 1. The first-order chi connectivity index (χ1) is 12.8. The molecule has 1 aromatic carbocycles. The van der Waals surface area contributed by atoms with Crippen molar-refractivity contribution in [2.45, 2.75) is 4.90 Å². The maximum atomic E-state index is 12.6. The molecule has 0 aliphatic rings. The van der Waals surface area contributed by atoms with Crippen LogP contribution in [0.3, 0.4) is 0 Å². The Bertz CT molecular complexity index is 1130. The quantitative estimate of drug-likeness (QED) is 0.631. The zero-order valence-electron chi connectivity index (χ0n) is 14.0. The number of amides is 1. The fourth-order valence-corrected chi connectivity index (χ4v) is 4.23. The minimum absolute atomic E-state index is 0.000709. The van der Waals surface area contributed by atoms with E-state index in [9.17, 15) is 18.0 Å². The summed E-state index contributed by atoms with van der Waals surface area (Å²) in [5, 5.41) is 2.80. The first kappa shape index (κ1) is 19.2. The maximum absolute atomic E-state index is 12.6. The lowest BCUT2D eigenvalue weighted by Gasteiger charge is -2.07. The highest BCUT2D eigenvalue weighted by atomic mass is 35.5. The fraction of sp³-hybridized carbons (Fsp3) is 0.0556. The van der Waals surface area contributed by atoms with Crippen molar-refractivity contribution in [1.29, 1.82) is 0 Å². The Kier molecular flexibility index (Phi) is 5.41. The number of halogens is 1. The van der Waals surface area contributed by atoms with Crippen LogP contribution in [0, 0.1) is 0 Å². The molecule has 6 nitrogen and oxygen atoms in total. The molecule has 0 aliphatic heterocycles. The van der Waals surface area contributed by atoms with Crippen LogP contribution < -0.4 is 5.32 Å². The third-order valence-corrected chi connectivity index (χ3v) is 5.96. The Balaban J connectivity index is 1.93. The number of nitrogens with one attached hydrogen (secondary N) is 1. The summed E-state index contributed by atoms with van der Waals surface area (Å²) in [6, 6.07) is 10.9. The molecular weight excluding hydrogens is 408 g/mol. The normalized spacial score (nSPS) is 11.2. The molecule has 0 atom stereocenters. The number of hydrogen-bond acceptors (Lipinski definition) is 6. The number of anilines is 1. The lowest BCUT2D eigenvalue weighted by atomic mass is 10.1. The third kappa shape index (κ3) is 4.41. The van der Waals surface area contributed by atoms with Gasteiger partial charge in [0.2, 0.25) is 0 Å². The van der Waals surface area contributed by atoms with Gasteiger partial charge in [-0.25, -0.2) is 8.42 Å². The topological polar surface area (TPSA) is 93.2 Å². The number of carbonyl (C=O) groups excluding carboxylic acids is 2. The number of pyridine rings is 1. The van der Waals surface area contributed by atoms with E-state index in [-0.39, 0.29) is 15.6 Å². The smallest absolute Gasteiger partial charge is 0.265 e. The van der Waals surface area contributed by atoms with Gasteiger partial charge in [-0.15, -0.1) is 11.3 Å². The molecule has 138 valence electrons. The molecule has 0 saturated carbocycles. The molecule has 3 rings (SSSR count). The van der Waals surface area contributed by atoms with Gasteiger partial charge in [0.05, 0.1) is 20.3 Å². The number of sulfone groups is 1. The molecule has 2 heterocycles. The van der Waals surface area contributed by atoms with Gasteiger partial charge in [0, 0.05) is 28.7 Å². The minimum Gasteiger partial charge on any atom is -0.321 e. The van der Waals surface area contributed by atoms with E-state index in [1.165, 1.54) is 18.2 Å². The van der Waals surface area contributed by atoms with E-state index in [1.54, 1.807) is 30.5 Å². The van der Waals surface area contributed by atoms with Gasteiger partial charge < -0.3 is 5.32 Å². The van der Waals surface area contributed by atoms with Crippen LogP contribution in [0.15, 0.2) is 53.6 Å². The van der Waals surface area contributed by atoms with Crippen molar-refractivity contribution in [3.8, 4) is 11.3 Å². The van der Waals surface area contributed by atoms with Gasteiger partial charge in [-0.1, -0.05) is 17.7 Å². The van der Waals surface area contributed by atoms with Crippen LogP contribution >= 0.6 is 22.9 Å². The van der Waals surface area contributed by atoms with Gasteiger partial charge in [-0.3, -0.25) is 14.6 Å². The van der Waals surface area contributed by atoms with Crippen molar-refractivity contribution in [3.63, 3.8) is 0 Å². The average molecular weight is 421 g/mol. The monoisotopic (exact) mass is 420 g/mol. The fourth-order valence-electron chi connectivity index (χ4n) is 2.37. The number of aldehydes is 1. The van der Waals surface area contributed by atoms with Gasteiger partial charge >= 0.3 is 0 Å². The molecule has 1 N–H and O–H groups in total. The Labute approximate surface area is 164 Å². The molecule has 0 spiro atoms. The Morgan fingerprint density at radius 3 is 2.63 bits per heavy atom. The highest BCUT2D eigenvalue weighted by molar-refractivity contribution is 7.90. The molecular formula is C18H13ClN2O4S2. The highest BCUT2D eigenvalue weighted by Crippen LogP contribution is 2.30. The van der Waals surface area contributed by atoms with Crippen molar-refractivity contribution >= 4 is 50.7 Å². The van der Waals surface area contributed by atoms with Gasteiger partial charge in [0.25, 0.3) is 5.91 Å². The number of benzene rings is 1. The predicted molar refractivity (Wildman–Crippen MR) is 105 cm³/mol. The van der Waals surface area contributed by atoms with Crippen LogP contribution in [-0.2, 0) is 9.84 Å². The van der Waals surface area contributed by atoms with Crippen molar-refractivity contribution < 1.29 is 18.0 Å². The van der Waals surface area contributed by atoms with Crippen LogP contribution in [-0.4, -0.2) is 31.9 Å². The standard InChI is InChI=1S/C18H13ClN2O4S2/c1-27(24,25)13-7-11(19)6-12(8-13)21-18(23)16-9-14(17(10-22)26-16)15-4-2-3-5-20-15/h2-10H,1H3,(H,21,23). The van der Waals surface area contributed by atoms with Crippen molar-refractivity contribution in [2.75, 3.05) is 11.6 Å². The van der Waals surface area contributed by atoms with E-state index in [1.807, 2.05) is 0 Å². The number of thiophene rings is 1. The molecule has 27 heavy (non-hydrogen) atoms. The van der Waals surface area contributed by atoms with E-state index in [0.717, 1.165) is 17.6 Å². The summed E-state index contributed by atoms with van der Waals surface area (Å²) in [5.41, 5.74) is 1.38. The second-order valence-electron chi connectivity index (χ2n) is 5.62. The Hall–Kier alpha value is -2.55. The SMILES string of the molecule is CS(=O)(=O)c1cc(Cl)cc(NC(=O)c2cc(-c3ccccn3)c(C=O)s2)c1. The molecule has 0 aliphatic carbocycles. The second kappa shape index (κ2) is 7.59. The minimum atomic E-state index is -3.48. The van der Waals surface area contributed by atoms with E-state index in [0.29, 0.717) is 27.3 Å². The van der Waals surface area contributed by atoms with Crippen molar-refractivity contribution in [3.05, 3.63) is 63.4 Å².